The molecule has 104 valence electrons. The third-order valence-electron chi connectivity index (χ3n) is 3.75. The van der Waals surface area contributed by atoms with Crippen LogP contribution in [0.25, 0.3) is 11.1 Å². The van der Waals surface area contributed by atoms with Gasteiger partial charge in [-0.25, -0.2) is 0 Å². The van der Waals surface area contributed by atoms with Crippen molar-refractivity contribution in [1.82, 2.24) is 0 Å². The van der Waals surface area contributed by atoms with Gasteiger partial charge in [-0.15, -0.1) is 0 Å². The van der Waals surface area contributed by atoms with Crippen LogP contribution in [0.1, 0.15) is 45.7 Å². The average Bonchev–Trinajstić information content (AvgIpc) is 2.37. The van der Waals surface area contributed by atoms with Crippen LogP contribution in [0.2, 0.25) is 0 Å². The Kier molecular flexibility index (Phi) is 3.69. The van der Waals surface area contributed by atoms with E-state index in [-0.39, 0.29) is 10.8 Å². The van der Waals surface area contributed by atoms with Gasteiger partial charge in [0.2, 0.25) is 0 Å². The second-order valence-corrected chi connectivity index (χ2v) is 7.29. The Bertz CT molecular complexity index is 502. The van der Waals surface area contributed by atoms with Gasteiger partial charge >= 0.3 is 0 Å². The molecular weight excluding hydrogens is 240 g/mol. The largest absolute Gasteiger partial charge is 0.125 e. The minimum atomic E-state index is -0.0331. The molecule has 0 heteroatoms. The topological polar surface area (TPSA) is 0 Å². The van der Waals surface area contributed by atoms with Gasteiger partial charge in [-0.1, -0.05) is 69.3 Å². The van der Waals surface area contributed by atoms with Crippen molar-refractivity contribution in [3.8, 4) is 11.1 Å². The molecule has 0 amide bonds. The smallest absolute Gasteiger partial charge is 0.0579 e. The number of rotatable bonds is 2. The van der Waals surface area contributed by atoms with E-state index in [1.54, 1.807) is 0 Å². The van der Waals surface area contributed by atoms with Gasteiger partial charge < -0.3 is 0 Å². The molecule has 0 bridgehead atoms. The summed E-state index contributed by atoms with van der Waals surface area (Å²) in [6, 6.07) is 17.6. The van der Waals surface area contributed by atoms with Crippen LogP contribution in [0.4, 0.5) is 0 Å². The molecule has 0 fully saturated rings. The van der Waals surface area contributed by atoms with Crippen molar-refractivity contribution in [2.75, 3.05) is 0 Å². The second-order valence-electron chi connectivity index (χ2n) is 7.29. The molecule has 0 saturated heterocycles. The van der Waals surface area contributed by atoms with Gasteiger partial charge in [-0.2, -0.15) is 0 Å². The summed E-state index contributed by atoms with van der Waals surface area (Å²) in [7, 11) is 0. The Morgan fingerprint density at radius 2 is 0.950 bits per heavy atom. The number of benzene rings is 2. The minimum absolute atomic E-state index is 0.0331. The quantitative estimate of drug-likeness (QED) is 0.605. The van der Waals surface area contributed by atoms with E-state index in [4.69, 9.17) is 0 Å². The van der Waals surface area contributed by atoms with Crippen molar-refractivity contribution < 1.29 is 0 Å². The van der Waals surface area contributed by atoms with Crippen LogP contribution in [0.15, 0.2) is 48.5 Å². The van der Waals surface area contributed by atoms with Crippen LogP contribution in [-0.2, 0) is 10.8 Å². The van der Waals surface area contributed by atoms with Crippen molar-refractivity contribution in [3.05, 3.63) is 66.6 Å². The van der Waals surface area contributed by atoms with Crippen LogP contribution in [-0.4, -0.2) is 0 Å². The highest BCUT2D eigenvalue weighted by atomic mass is 14.2. The standard InChI is InChI=1S/C20H25/c1-19(2,3)17-11-7-15(8-12-17)16-9-13-18(14-10-16)20(4,5)6/h7-14H,1H2,2-6H3/q+1. The fourth-order valence-corrected chi connectivity index (χ4v) is 2.28. The van der Waals surface area contributed by atoms with Crippen molar-refractivity contribution in [3.63, 3.8) is 0 Å². The van der Waals surface area contributed by atoms with E-state index in [1.165, 1.54) is 22.3 Å². The van der Waals surface area contributed by atoms with Gasteiger partial charge in [0.15, 0.2) is 0 Å². The molecule has 0 aliphatic rings. The van der Waals surface area contributed by atoms with Gasteiger partial charge in [0.05, 0.1) is 6.92 Å². The van der Waals surface area contributed by atoms with Crippen LogP contribution >= 0.6 is 0 Å². The molecule has 0 saturated carbocycles. The molecule has 0 aliphatic carbocycles. The SMILES string of the molecule is [CH2+]C(C)(C)c1ccc(-c2ccc(C(C)(C)C)cc2)cc1. The van der Waals surface area contributed by atoms with Crippen molar-refractivity contribution in [2.45, 2.75) is 45.4 Å². The summed E-state index contributed by atoms with van der Waals surface area (Å²) in [5, 5.41) is 0. The lowest BCUT2D eigenvalue weighted by atomic mass is 9.85. The number of hydrogen-bond acceptors (Lipinski definition) is 0. The highest BCUT2D eigenvalue weighted by Crippen LogP contribution is 2.28. The summed E-state index contributed by atoms with van der Waals surface area (Å²) in [5.41, 5.74) is 5.35. The van der Waals surface area contributed by atoms with Crippen LogP contribution in [0.5, 0.6) is 0 Å². The molecule has 0 N–H and O–H groups in total. The average molecular weight is 265 g/mol. The second kappa shape index (κ2) is 5.01. The lowest BCUT2D eigenvalue weighted by molar-refractivity contribution is 0.590. The van der Waals surface area contributed by atoms with Gasteiger partial charge in [0, 0.05) is 5.56 Å². The molecule has 20 heavy (non-hydrogen) atoms. The van der Waals surface area contributed by atoms with Crippen LogP contribution in [0, 0.1) is 6.92 Å². The third-order valence-corrected chi connectivity index (χ3v) is 3.75. The minimum Gasteiger partial charge on any atom is -0.0579 e. The Hall–Kier alpha value is -1.69. The lowest BCUT2D eigenvalue weighted by Crippen LogP contribution is -2.11. The van der Waals surface area contributed by atoms with E-state index in [2.05, 4.69) is 90.1 Å². The predicted molar refractivity (Wildman–Crippen MR) is 89.0 cm³/mol. The summed E-state index contributed by atoms with van der Waals surface area (Å²) in [6.07, 6.45) is 0. The van der Waals surface area contributed by atoms with E-state index in [0.29, 0.717) is 0 Å². The van der Waals surface area contributed by atoms with E-state index in [9.17, 15) is 0 Å². The van der Waals surface area contributed by atoms with Crippen molar-refractivity contribution >= 4 is 0 Å². The summed E-state index contributed by atoms with van der Waals surface area (Å²) in [6.45, 7) is 15.2. The first-order valence-corrected chi connectivity index (χ1v) is 7.25. The summed E-state index contributed by atoms with van der Waals surface area (Å²) < 4.78 is 0. The van der Waals surface area contributed by atoms with Crippen LogP contribution < -0.4 is 0 Å². The fourth-order valence-electron chi connectivity index (χ4n) is 2.28. The summed E-state index contributed by atoms with van der Waals surface area (Å²) >= 11 is 0. The molecule has 2 aromatic carbocycles. The maximum atomic E-state index is 4.18. The summed E-state index contributed by atoms with van der Waals surface area (Å²) in [4.78, 5) is 0. The third kappa shape index (κ3) is 3.25. The first-order chi connectivity index (χ1) is 9.18. The van der Waals surface area contributed by atoms with E-state index in [1.807, 2.05) is 0 Å². The lowest BCUT2D eigenvalue weighted by Gasteiger charge is -2.19. The Morgan fingerprint density at radius 3 is 1.25 bits per heavy atom. The van der Waals surface area contributed by atoms with Crippen LogP contribution in [0.3, 0.4) is 0 Å². The highest BCUT2D eigenvalue weighted by Gasteiger charge is 2.20. The zero-order valence-corrected chi connectivity index (χ0v) is 13.3. The molecule has 0 aliphatic heterocycles. The Balaban J connectivity index is 2.29. The van der Waals surface area contributed by atoms with Gasteiger partial charge in [0.1, 0.15) is 5.41 Å². The maximum absolute atomic E-state index is 4.18. The first-order valence-electron chi connectivity index (χ1n) is 7.25. The fraction of sp³-hybridized carbons (Fsp3) is 0.350. The molecule has 0 radical (unpaired) electrons. The van der Waals surface area contributed by atoms with Crippen molar-refractivity contribution in [1.29, 1.82) is 0 Å². The van der Waals surface area contributed by atoms with E-state index < -0.39 is 0 Å². The molecular formula is C20H25+. The first kappa shape index (κ1) is 14.7. The van der Waals surface area contributed by atoms with E-state index >= 15 is 0 Å². The molecule has 0 unspecified atom stereocenters. The molecule has 0 spiro atoms. The maximum Gasteiger partial charge on any atom is 0.125 e. The highest BCUT2D eigenvalue weighted by molar-refractivity contribution is 5.64. The Morgan fingerprint density at radius 1 is 0.600 bits per heavy atom. The van der Waals surface area contributed by atoms with Gasteiger partial charge in [0.25, 0.3) is 0 Å². The van der Waals surface area contributed by atoms with Gasteiger partial charge in [-0.3, -0.25) is 0 Å². The zero-order valence-electron chi connectivity index (χ0n) is 13.3. The zero-order chi connectivity index (χ0) is 15.0. The molecule has 2 aromatic rings. The predicted octanol–water partition coefficient (Wildman–Crippen LogP) is 5.76. The molecule has 0 aromatic heterocycles. The number of hydrogen-bond donors (Lipinski definition) is 0. The van der Waals surface area contributed by atoms with E-state index in [0.717, 1.165) is 0 Å². The van der Waals surface area contributed by atoms with Gasteiger partial charge in [-0.05, 0) is 36.0 Å². The Labute approximate surface area is 123 Å². The van der Waals surface area contributed by atoms with Crippen molar-refractivity contribution in [2.24, 2.45) is 0 Å². The normalized spacial score (nSPS) is 12.4. The summed E-state index contributed by atoms with van der Waals surface area (Å²) in [5.74, 6) is 0. The molecule has 2 rings (SSSR count). The monoisotopic (exact) mass is 265 g/mol. The molecule has 0 heterocycles. The molecule has 0 nitrogen and oxygen atoms in total. The molecule has 0 atom stereocenters.